The van der Waals surface area contributed by atoms with Crippen LogP contribution in [0.15, 0.2) is 71.2 Å². The van der Waals surface area contributed by atoms with Gasteiger partial charge in [0.05, 0.1) is 37.0 Å². The molecule has 0 unspecified atom stereocenters. The van der Waals surface area contributed by atoms with Gasteiger partial charge in [0.15, 0.2) is 0 Å². The topological polar surface area (TPSA) is 89.8 Å². The van der Waals surface area contributed by atoms with Gasteiger partial charge in [-0.25, -0.2) is 14.7 Å². The summed E-state index contributed by atoms with van der Waals surface area (Å²) in [4.78, 5) is 21.7. The first-order valence-corrected chi connectivity index (χ1v) is 12.2. The number of nitrogens with zero attached hydrogens (tertiary/aromatic N) is 3. The molecule has 0 fully saturated rings. The number of para-hydroxylation sites is 2. The minimum Gasteiger partial charge on any atom is -0.497 e. The number of methoxy groups -OCH3 is 2. The second-order valence-corrected chi connectivity index (χ2v) is 8.94. The molecule has 2 N–H and O–H groups in total. The minimum absolute atomic E-state index is 0.0561. The van der Waals surface area contributed by atoms with Crippen LogP contribution in [0, 0.1) is 0 Å². The summed E-state index contributed by atoms with van der Waals surface area (Å²) in [6.07, 6.45) is -3.94. The van der Waals surface area contributed by atoms with Crippen LogP contribution in [0.3, 0.4) is 0 Å². The number of ether oxygens (including phenoxy) is 2. The Balaban J connectivity index is 1.63. The van der Waals surface area contributed by atoms with Gasteiger partial charge in [0.2, 0.25) is 4.80 Å². The fourth-order valence-corrected chi connectivity index (χ4v) is 4.43. The second kappa shape index (κ2) is 11.6. The number of nitrogens with one attached hydrogen (secondary N) is 2. The van der Waals surface area contributed by atoms with Gasteiger partial charge < -0.3 is 14.8 Å². The lowest BCUT2D eigenvalue weighted by atomic mass is 10.2. The molecule has 38 heavy (non-hydrogen) atoms. The van der Waals surface area contributed by atoms with Gasteiger partial charge in [0.25, 0.3) is 5.91 Å². The molecule has 198 valence electrons. The lowest BCUT2D eigenvalue weighted by molar-refractivity contribution is -0.137. The SMILES string of the molecule is COc1ccc(-c2csc(=Nc3ccccc3OC)n2NC(=O)CNc2ncc(C(F)(F)F)cc2Cl)cc1. The predicted octanol–water partition coefficient (Wildman–Crippen LogP) is 5.72. The van der Waals surface area contributed by atoms with E-state index in [0.717, 1.165) is 11.6 Å². The molecule has 0 radical (unpaired) electrons. The fourth-order valence-electron chi connectivity index (χ4n) is 3.34. The number of alkyl halides is 3. The standard InChI is InChI=1S/C25H21ClF3N5O3S/c1-36-17-9-7-15(8-10-17)20-14-38-24(32-19-5-3-4-6-21(19)37-2)34(20)33-22(35)13-31-23-18(26)11-16(12-30-23)25(27,28)29/h3-12,14H,13H2,1-2H3,(H,30,31)(H,33,35). The van der Waals surface area contributed by atoms with E-state index in [4.69, 9.17) is 21.1 Å². The van der Waals surface area contributed by atoms with Crippen LogP contribution in [-0.2, 0) is 11.0 Å². The highest BCUT2D eigenvalue weighted by Crippen LogP contribution is 2.32. The number of thiazole rings is 1. The van der Waals surface area contributed by atoms with Gasteiger partial charge >= 0.3 is 6.18 Å². The van der Waals surface area contributed by atoms with Crippen molar-refractivity contribution in [3.63, 3.8) is 0 Å². The zero-order valence-electron chi connectivity index (χ0n) is 20.0. The molecule has 0 atom stereocenters. The first-order valence-electron chi connectivity index (χ1n) is 11.0. The summed E-state index contributed by atoms with van der Waals surface area (Å²) in [5, 5.41) is 4.23. The molecule has 0 aliphatic rings. The third kappa shape index (κ3) is 6.26. The number of hydrogen-bond donors (Lipinski definition) is 2. The van der Waals surface area contributed by atoms with Crippen LogP contribution < -0.4 is 25.0 Å². The van der Waals surface area contributed by atoms with Gasteiger partial charge in [0, 0.05) is 17.1 Å². The molecule has 2 heterocycles. The van der Waals surface area contributed by atoms with Gasteiger partial charge in [-0.2, -0.15) is 13.2 Å². The van der Waals surface area contributed by atoms with Crippen molar-refractivity contribution in [3.8, 4) is 22.8 Å². The number of carbonyl (C=O) groups excluding carboxylic acids is 1. The fraction of sp³-hybridized carbons (Fsp3) is 0.160. The van der Waals surface area contributed by atoms with Crippen LogP contribution in [0.5, 0.6) is 11.5 Å². The first kappa shape index (κ1) is 27.0. The van der Waals surface area contributed by atoms with E-state index in [-0.39, 0.29) is 17.4 Å². The van der Waals surface area contributed by atoms with Crippen LogP contribution in [0.4, 0.5) is 24.7 Å². The maximum Gasteiger partial charge on any atom is 0.417 e. The number of hydrogen-bond acceptors (Lipinski definition) is 7. The number of anilines is 1. The van der Waals surface area contributed by atoms with E-state index in [1.807, 2.05) is 29.6 Å². The Kier molecular flexibility index (Phi) is 8.23. The summed E-state index contributed by atoms with van der Waals surface area (Å²) in [5.41, 5.74) is 3.77. The van der Waals surface area contributed by atoms with E-state index < -0.39 is 17.6 Å². The molecule has 0 saturated heterocycles. The molecule has 8 nitrogen and oxygen atoms in total. The monoisotopic (exact) mass is 563 g/mol. The van der Waals surface area contributed by atoms with Gasteiger partial charge in [-0.05, 0) is 42.5 Å². The number of benzene rings is 2. The molecule has 4 rings (SSSR count). The van der Waals surface area contributed by atoms with Crippen molar-refractivity contribution >= 4 is 40.4 Å². The number of carbonyl (C=O) groups is 1. The van der Waals surface area contributed by atoms with E-state index in [9.17, 15) is 18.0 Å². The Morgan fingerprint density at radius 2 is 1.87 bits per heavy atom. The lowest BCUT2D eigenvalue weighted by Crippen LogP contribution is -2.34. The Morgan fingerprint density at radius 1 is 1.13 bits per heavy atom. The molecule has 0 saturated carbocycles. The lowest BCUT2D eigenvalue weighted by Gasteiger charge is -2.13. The molecule has 2 aromatic carbocycles. The molecule has 0 spiro atoms. The van der Waals surface area contributed by atoms with Crippen LogP contribution in [0.1, 0.15) is 5.56 Å². The molecular weight excluding hydrogens is 543 g/mol. The number of halogens is 4. The minimum atomic E-state index is -4.58. The summed E-state index contributed by atoms with van der Waals surface area (Å²) in [6, 6.07) is 15.2. The molecule has 2 aromatic heterocycles. The van der Waals surface area contributed by atoms with Crippen LogP contribution in [0.25, 0.3) is 11.3 Å². The Morgan fingerprint density at radius 3 is 2.53 bits per heavy atom. The summed E-state index contributed by atoms with van der Waals surface area (Å²) < 4.78 is 50.8. The van der Waals surface area contributed by atoms with Crippen molar-refractivity contribution in [1.29, 1.82) is 0 Å². The second-order valence-electron chi connectivity index (χ2n) is 7.69. The highest BCUT2D eigenvalue weighted by molar-refractivity contribution is 7.07. The Labute approximate surface area is 224 Å². The van der Waals surface area contributed by atoms with E-state index in [1.165, 1.54) is 23.1 Å². The maximum atomic E-state index is 12.9. The summed E-state index contributed by atoms with van der Waals surface area (Å²) >= 11 is 7.23. The van der Waals surface area contributed by atoms with E-state index in [2.05, 4.69) is 20.7 Å². The zero-order valence-corrected chi connectivity index (χ0v) is 21.6. The number of rotatable bonds is 8. The van der Waals surface area contributed by atoms with Gasteiger partial charge in [-0.3, -0.25) is 10.2 Å². The first-order chi connectivity index (χ1) is 18.2. The van der Waals surface area contributed by atoms with Crippen molar-refractivity contribution in [2.24, 2.45) is 4.99 Å². The van der Waals surface area contributed by atoms with Gasteiger partial charge in [0.1, 0.15) is 23.0 Å². The highest BCUT2D eigenvalue weighted by atomic mass is 35.5. The van der Waals surface area contributed by atoms with Crippen molar-refractivity contribution < 1.29 is 27.4 Å². The largest absolute Gasteiger partial charge is 0.497 e. The number of pyridine rings is 1. The smallest absolute Gasteiger partial charge is 0.417 e. The molecule has 4 aromatic rings. The Bertz CT molecular complexity index is 1500. The van der Waals surface area contributed by atoms with Crippen LogP contribution in [0.2, 0.25) is 5.02 Å². The number of aromatic nitrogens is 2. The molecule has 0 bridgehead atoms. The molecule has 0 aliphatic heterocycles. The quantitative estimate of drug-likeness (QED) is 0.286. The molecule has 13 heteroatoms. The third-order valence-corrected chi connectivity index (χ3v) is 6.33. The van der Waals surface area contributed by atoms with E-state index >= 15 is 0 Å². The summed E-state index contributed by atoms with van der Waals surface area (Å²) in [5.74, 6) is 0.648. The summed E-state index contributed by atoms with van der Waals surface area (Å²) in [6.45, 7) is -0.322. The average Bonchev–Trinajstić information content (AvgIpc) is 3.29. The normalized spacial score (nSPS) is 11.8. The zero-order chi connectivity index (χ0) is 27.3. The summed E-state index contributed by atoms with van der Waals surface area (Å²) in [7, 11) is 3.10. The molecular formula is C25H21ClF3N5O3S. The number of amides is 1. The van der Waals surface area contributed by atoms with Crippen LogP contribution >= 0.6 is 22.9 Å². The average molecular weight is 564 g/mol. The van der Waals surface area contributed by atoms with E-state index in [1.54, 1.807) is 31.4 Å². The third-order valence-electron chi connectivity index (χ3n) is 5.22. The van der Waals surface area contributed by atoms with Crippen molar-refractivity contribution in [2.75, 3.05) is 31.5 Å². The van der Waals surface area contributed by atoms with E-state index in [0.29, 0.717) is 33.9 Å². The van der Waals surface area contributed by atoms with Gasteiger partial charge in [-0.15, -0.1) is 11.3 Å². The maximum absolute atomic E-state index is 12.9. The van der Waals surface area contributed by atoms with Crippen LogP contribution in [-0.4, -0.2) is 36.3 Å². The molecule has 0 aliphatic carbocycles. The molecule has 1 amide bonds. The predicted molar refractivity (Wildman–Crippen MR) is 140 cm³/mol. The van der Waals surface area contributed by atoms with Crippen molar-refractivity contribution in [1.82, 2.24) is 9.66 Å². The van der Waals surface area contributed by atoms with Crippen molar-refractivity contribution in [3.05, 3.63) is 81.6 Å². The Hall–Kier alpha value is -4.03. The highest BCUT2D eigenvalue weighted by Gasteiger charge is 2.31. The van der Waals surface area contributed by atoms with Gasteiger partial charge in [-0.1, -0.05) is 23.7 Å². The van der Waals surface area contributed by atoms with Crippen molar-refractivity contribution in [2.45, 2.75) is 6.18 Å².